The molecule has 6 nitrogen and oxygen atoms in total. The van der Waals surface area contributed by atoms with E-state index in [0.717, 1.165) is 29.0 Å². The van der Waals surface area contributed by atoms with Gasteiger partial charge in [0.05, 0.1) is 0 Å². The Hall–Kier alpha value is -2.54. The lowest BCUT2D eigenvalue weighted by atomic mass is 10.1. The molecular formula is C24H28ClN3O3. The minimum Gasteiger partial charge on any atom is -0.491 e. The van der Waals surface area contributed by atoms with Crippen LogP contribution in [0.5, 0.6) is 5.75 Å². The van der Waals surface area contributed by atoms with Crippen LogP contribution in [0.3, 0.4) is 0 Å². The van der Waals surface area contributed by atoms with Crippen molar-refractivity contribution in [3.05, 3.63) is 70.0 Å². The molecule has 0 saturated carbocycles. The first-order chi connectivity index (χ1) is 14.9. The summed E-state index contributed by atoms with van der Waals surface area (Å²) in [5.41, 5.74) is 1.81. The molecule has 31 heavy (non-hydrogen) atoms. The zero-order chi connectivity index (χ0) is 22.0. The largest absolute Gasteiger partial charge is 0.491 e. The molecule has 4 rings (SSSR count). The van der Waals surface area contributed by atoms with Crippen LogP contribution in [-0.2, 0) is 0 Å². The summed E-state index contributed by atoms with van der Waals surface area (Å²) in [5.74, 6) is 0.673. The number of halogens is 1. The molecule has 164 valence electrons. The number of anilines is 1. The number of nitrogens with one attached hydrogen (secondary N) is 1. The number of aromatic nitrogens is 1. The molecule has 3 atom stereocenters. The molecular weight excluding hydrogens is 414 g/mol. The van der Waals surface area contributed by atoms with E-state index in [-0.39, 0.29) is 12.2 Å². The predicted octanol–water partition coefficient (Wildman–Crippen LogP) is 3.52. The summed E-state index contributed by atoms with van der Waals surface area (Å²) in [7, 11) is 0. The summed E-state index contributed by atoms with van der Waals surface area (Å²) in [4.78, 5) is 18.9. The number of H-pyrrole nitrogens is 1. The molecule has 1 aromatic heterocycles. The summed E-state index contributed by atoms with van der Waals surface area (Å²) in [6, 6.07) is 17.3. The smallest absolute Gasteiger partial charge is 0.248 e. The van der Waals surface area contributed by atoms with Crippen molar-refractivity contribution in [2.45, 2.75) is 32.0 Å². The lowest BCUT2D eigenvalue weighted by molar-refractivity contribution is 0.0318. The Kier molecular flexibility index (Phi) is 6.51. The van der Waals surface area contributed by atoms with E-state index in [2.05, 4.69) is 40.8 Å². The molecule has 0 spiro atoms. The highest BCUT2D eigenvalue weighted by molar-refractivity contribution is 6.30. The van der Waals surface area contributed by atoms with E-state index in [1.54, 1.807) is 12.1 Å². The summed E-state index contributed by atoms with van der Waals surface area (Å²) in [6.45, 7) is 6.93. The average Bonchev–Trinajstić information content (AvgIpc) is 2.75. The van der Waals surface area contributed by atoms with Gasteiger partial charge in [-0.2, -0.15) is 0 Å². The minimum atomic E-state index is -0.599. The topological polar surface area (TPSA) is 68.8 Å². The third kappa shape index (κ3) is 5.21. The van der Waals surface area contributed by atoms with Crippen LogP contribution in [0.1, 0.15) is 13.8 Å². The maximum atomic E-state index is 11.4. The molecule has 0 aliphatic carbocycles. The van der Waals surface area contributed by atoms with Crippen molar-refractivity contribution in [2.75, 3.05) is 31.1 Å². The van der Waals surface area contributed by atoms with Crippen LogP contribution in [0.25, 0.3) is 10.9 Å². The third-order valence-corrected chi connectivity index (χ3v) is 6.10. The second-order valence-corrected chi connectivity index (χ2v) is 8.75. The van der Waals surface area contributed by atoms with Crippen LogP contribution in [0.4, 0.5) is 5.69 Å². The van der Waals surface area contributed by atoms with Gasteiger partial charge in [-0.15, -0.1) is 0 Å². The number of fused-ring (bicyclic) bond motifs is 1. The van der Waals surface area contributed by atoms with Gasteiger partial charge in [-0.3, -0.25) is 9.69 Å². The van der Waals surface area contributed by atoms with Gasteiger partial charge in [0, 0.05) is 59.4 Å². The first-order valence-electron chi connectivity index (χ1n) is 10.6. The van der Waals surface area contributed by atoms with Crippen LogP contribution in [-0.4, -0.2) is 59.4 Å². The SMILES string of the molecule is C[C@@H]1CN(c2ccc(Cl)cc2)C[C@H](C)N1C[C@H](O)COc1ccc2[nH]c(=O)ccc2c1. The van der Waals surface area contributed by atoms with E-state index < -0.39 is 6.10 Å². The number of ether oxygens (including phenoxy) is 1. The molecule has 0 unspecified atom stereocenters. The van der Waals surface area contributed by atoms with Crippen molar-refractivity contribution >= 4 is 28.2 Å². The highest BCUT2D eigenvalue weighted by atomic mass is 35.5. The summed E-state index contributed by atoms with van der Waals surface area (Å²) in [5, 5.41) is 12.3. The van der Waals surface area contributed by atoms with Crippen molar-refractivity contribution < 1.29 is 9.84 Å². The molecule has 1 aliphatic heterocycles. The molecule has 1 saturated heterocycles. The normalized spacial score (nSPS) is 20.7. The van der Waals surface area contributed by atoms with E-state index in [0.29, 0.717) is 24.4 Å². The van der Waals surface area contributed by atoms with Gasteiger partial charge in [0.15, 0.2) is 0 Å². The van der Waals surface area contributed by atoms with Crippen molar-refractivity contribution in [1.29, 1.82) is 0 Å². The fourth-order valence-corrected chi connectivity index (χ4v) is 4.42. The van der Waals surface area contributed by atoms with Crippen molar-refractivity contribution in [2.24, 2.45) is 0 Å². The molecule has 1 fully saturated rings. The Morgan fingerprint density at radius 3 is 2.52 bits per heavy atom. The van der Waals surface area contributed by atoms with Gasteiger partial charge in [-0.05, 0) is 62.4 Å². The zero-order valence-electron chi connectivity index (χ0n) is 17.8. The molecule has 2 heterocycles. The zero-order valence-corrected chi connectivity index (χ0v) is 18.5. The van der Waals surface area contributed by atoms with Gasteiger partial charge in [-0.25, -0.2) is 0 Å². The van der Waals surface area contributed by atoms with Crippen LogP contribution in [0.2, 0.25) is 5.02 Å². The summed E-state index contributed by atoms with van der Waals surface area (Å²) in [6.07, 6.45) is -0.599. The van der Waals surface area contributed by atoms with Gasteiger partial charge in [-0.1, -0.05) is 11.6 Å². The number of aromatic amines is 1. The number of benzene rings is 2. The van der Waals surface area contributed by atoms with Gasteiger partial charge < -0.3 is 19.7 Å². The van der Waals surface area contributed by atoms with Gasteiger partial charge in [0.1, 0.15) is 18.5 Å². The molecule has 2 N–H and O–H groups in total. The Balaban J connectivity index is 1.33. The number of rotatable bonds is 6. The first kappa shape index (κ1) is 21.7. The average molecular weight is 442 g/mol. The first-order valence-corrected chi connectivity index (χ1v) is 11.0. The highest BCUT2D eigenvalue weighted by Crippen LogP contribution is 2.24. The third-order valence-electron chi connectivity index (χ3n) is 5.85. The van der Waals surface area contributed by atoms with Crippen molar-refractivity contribution in [1.82, 2.24) is 9.88 Å². The summed E-state index contributed by atoms with van der Waals surface area (Å²) < 4.78 is 5.83. The molecule has 1 aliphatic rings. The number of β-amino-alcohol motifs (C(OH)–C–C–N with tert-alkyl or cyclic N) is 1. The Bertz CT molecular complexity index is 1070. The maximum Gasteiger partial charge on any atom is 0.248 e. The fraction of sp³-hybridized carbons (Fsp3) is 0.375. The number of pyridine rings is 1. The van der Waals surface area contributed by atoms with Gasteiger partial charge in [0.2, 0.25) is 5.56 Å². The van der Waals surface area contributed by atoms with Crippen LogP contribution in [0, 0.1) is 0 Å². The second kappa shape index (κ2) is 9.30. The number of aliphatic hydroxyl groups is 1. The Labute approximate surface area is 187 Å². The van der Waals surface area contributed by atoms with Gasteiger partial charge in [0.25, 0.3) is 0 Å². The number of hydrogen-bond acceptors (Lipinski definition) is 5. The van der Waals surface area contributed by atoms with Crippen molar-refractivity contribution in [3.63, 3.8) is 0 Å². The van der Waals surface area contributed by atoms with E-state index in [1.165, 1.54) is 11.8 Å². The number of nitrogens with zero attached hydrogens (tertiary/aromatic N) is 2. The van der Waals surface area contributed by atoms with Crippen LogP contribution < -0.4 is 15.2 Å². The van der Waals surface area contributed by atoms with E-state index in [4.69, 9.17) is 16.3 Å². The lowest BCUT2D eigenvalue weighted by Crippen LogP contribution is -2.58. The highest BCUT2D eigenvalue weighted by Gasteiger charge is 2.31. The van der Waals surface area contributed by atoms with Crippen LogP contribution in [0.15, 0.2) is 59.4 Å². The van der Waals surface area contributed by atoms with Crippen molar-refractivity contribution in [3.8, 4) is 5.75 Å². The van der Waals surface area contributed by atoms with Gasteiger partial charge >= 0.3 is 0 Å². The molecule has 0 bridgehead atoms. The second-order valence-electron chi connectivity index (χ2n) is 8.31. The Morgan fingerprint density at radius 1 is 1.10 bits per heavy atom. The molecule has 0 amide bonds. The summed E-state index contributed by atoms with van der Waals surface area (Å²) >= 11 is 6.02. The predicted molar refractivity (Wildman–Crippen MR) is 125 cm³/mol. The quantitative estimate of drug-likeness (QED) is 0.612. The fourth-order valence-electron chi connectivity index (χ4n) is 4.29. The monoisotopic (exact) mass is 441 g/mol. The number of piperazine rings is 1. The van der Waals surface area contributed by atoms with Crippen LogP contribution >= 0.6 is 11.6 Å². The number of hydrogen-bond donors (Lipinski definition) is 2. The minimum absolute atomic E-state index is 0.129. The van der Waals surface area contributed by atoms with E-state index in [1.807, 2.05) is 24.3 Å². The molecule has 3 aromatic rings. The molecule has 7 heteroatoms. The standard InChI is InChI=1S/C24H28ClN3O3/c1-16-12-27(20-6-4-19(25)5-7-20)13-17(2)28(16)14-21(29)15-31-22-8-9-23-18(11-22)3-10-24(30)26-23/h3-11,16-17,21,29H,12-15H2,1-2H3,(H,26,30)/t16-,17+,21-/m0/s1. The van der Waals surface area contributed by atoms with E-state index >= 15 is 0 Å². The Morgan fingerprint density at radius 2 is 1.81 bits per heavy atom. The maximum absolute atomic E-state index is 11.4. The van der Waals surface area contributed by atoms with E-state index in [9.17, 15) is 9.90 Å². The molecule has 2 aromatic carbocycles. The molecule has 0 radical (unpaired) electrons. The lowest BCUT2D eigenvalue weighted by Gasteiger charge is -2.46. The number of aliphatic hydroxyl groups excluding tert-OH is 1.